The van der Waals surface area contributed by atoms with Gasteiger partial charge in [-0.15, -0.1) is 0 Å². The summed E-state index contributed by atoms with van der Waals surface area (Å²) in [4.78, 5) is 11.5. The third-order valence-electron chi connectivity index (χ3n) is 2.99. The molecular formula is C14H14FNO4S. The maximum absolute atomic E-state index is 13.8. The molecule has 0 aliphatic rings. The van der Waals surface area contributed by atoms with Crippen LogP contribution in [0.15, 0.2) is 46.1 Å². The van der Waals surface area contributed by atoms with Crippen LogP contribution in [0, 0.1) is 5.82 Å². The number of hydrogen-bond acceptors (Lipinski definition) is 4. The first-order chi connectivity index (χ1) is 9.79. The minimum atomic E-state index is -3.61. The SMILES string of the molecule is CC(NC(=O)c1ccoc1)c1ccc(S(C)(=O)=O)c(F)c1. The highest BCUT2D eigenvalue weighted by atomic mass is 32.2. The second-order valence-corrected chi connectivity index (χ2v) is 6.65. The van der Waals surface area contributed by atoms with Crippen LogP contribution in [0.2, 0.25) is 0 Å². The Morgan fingerprint density at radius 3 is 2.57 bits per heavy atom. The molecule has 0 radical (unpaired) electrons. The van der Waals surface area contributed by atoms with E-state index >= 15 is 0 Å². The Hall–Kier alpha value is -2.15. The lowest BCUT2D eigenvalue weighted by atomic mass is 10.1. The van der Waals surface area contributed by atoms with E-state index in [1.807, 2.05) is 0 Å². The van der Waals surface area contributed by atoms with E-state index in [0.717, 1.165) is 12.3 Å². The summed E-state index contributed by atoms with van der Waals surface area (Å²) in [5.41, 5.74) is 0.826. The number of nitrogens with one attached hydrogen (secondary N) is 1. The van der Waals surface area contributed by atoms with Crippen LogP contribution < -0.4 is 5.32 Å². The maximum atomic E-state index is 13.8. The van der Waals surface area contributed by atoms with Crippen molar-refractivity contribution >= 4 is 15.7 Å². The molecule has 1 atom stereocenters. The summed E-state index contributed by atoms with van der Waals surface area (Å²) >= 11 is 0. The number of benzene rings is 1. The summed E-state index contributed by atoms with van der Waals surface area (Å²) in [6.07, 6.45) is 3.62. The Bertz CT molecular complexity index is 753. The number of hydrogen-bond donors (Lipinski definition) is 1. The fourth-order valence-electron chi connectivity index (χ4n) is 1.84. The first-order valence-electron chi connectivity index (χ1n) is 6.11. The number of rotatable bonds is 4. The highest BCUT2D eigenvalue weighted by Crippen LogP contribution is 2.20. The molecule has 2 aromatic rings. The summed E-state index contributed by atoms with van der Waals surface area (Å²) in [7, 11) is -3.61. The third-order valence-corrected chi connectivity index (χ3v) is 4.12. The molecule has 1 amide bonds. The third kappa shape index (κ3) is 3.49. The van der Waals surface area contributed by atoms with Gasteiger partial charge in [-0.2, -0.15) is 0 Å². The van der Waals surface area contributed by atoms with Crippen molar-refractivity contribution in [1.82, 2.24) is 5.32 Å². The summed E-state index contributed by atoms with van der Waals surface area (Å²) in [6.45, 7) is 1.67. The molecule has 0 saturated heterocycles. The van der Waals surface area contributed by atoms with Gasteiger partial charge in [0, 0.05) is 6.26 Å². The normalized spacial score (nSPS) is 12.9. The highest BCUT2D eigenvalue weighted by Gasteiger charge is 2.17. The standard InChI is InChI=1S/C14H14FNO4S/c1-9(16-14(17)11-5-6-20-8-11)10-3-4-13(12(15)7-10)21(2,18)19/h3-9H,1-2H3,(H,16,17). The average Bonchev–Trinajstić information content (AvgIpc) is 2.90. The Morgan fingerprint density at radius 2 is 2.05 bits per heavy atom. The zero-order valence-electron chi connectivity index (χ0n) is 11.5. The van der Waals surface area contributed by atoms with E-state index in [0.29, 0.717) is 11.1 Å². The van der Waals surface area contributed by atoms with Crippen LogP contribution >= 0.6 is 0 Å². The van der Waals surface area contributed by atoms with E-state index in [-0.39, 0.29) is 10.8 Å². The van der Waals surface area contributed by atoms with Crippen molar-refractivity contribution in [3.8, 4) is 0 Å². The topological polar surface area (TPSA) is 76.4 Å². The zero-order chi connectivity index (χ0) is 15.6. The lowest BCUT2D eigenvalue weighted by Crippen LogP contribution is -2.26. The number of halogens is 1. The van der Waals surface area contributed by atoms with Crippen molar-refractivity contribution in [3.63, 3.8) is 0 Å². The molecule has 1 N–H and O–H groups in total. The minimum Gasteiger partial charge on any atom is -0.472 e. The predicted octanol–water partition coefficient (Wildman–Crippen LogP) is 2.31. The number of furan rings is 1. The van der Waals surface area contributed by atoms with Gasteiger partial charge in [0.05, 0.1) is 17.9 Å². The Labute approximate surface area is 121 Å². The molecule has 2 rings (SSSR count). The molecule has 21 heavy (non-hydrogen) atoms. The van der Waals surface area contributed by atoms with Gasteiger partial charge in [-0.25, -0.2) is 12.8 Å². The monoisotopic (exact) mass is 311 g/mol. The lowest BCUT2D eigenvalue weighted by Gasteiger charge is -2.14. The van der Waals surface area contributed by atoms with Crippen molar-refractivity contribution in [2.24, 2.45) is 0 Å². The van der Waals surface area contributed by atoms with Crippen LogP contribution in [-0.2, 0) is 9.84 Å². The fourth-order valence-corrected chi connectivity index (χ4v) is 2.57. The minimum absolute atomic E-state index is 0.357. The predicted molar refractivity (Wildman–Crippen MR) is 74.1 cm³/mol. The van der Waals surface area contributed by atoms with Gasteiger partial charge < -0.3 is 9.73 Å². The van der Waals surface area contributed by atoms with Gasteiger partial charge in [0.25, 0.3) is 5.91 Å². The summed E-state index contributed by atoms with van der Waals surface area (Å²) in [6, 6.07) is 4.81. The van der Waals surface area contributed by atoms with Gasteiger partial charge in [0.15, 0.2) is 9.84 Å². The Balaban J connectivity index is 2.19. The van der Waals surface area contributed by atoms with Gasteiger partial charge in [-0.1, -0.05) is 6.07 Å². The first kappa shape index (κ1) is 15.2. The molecule has 0 spiro atoms. The molecule has 1 aromatic carbocycles. The van der Waals surface area contributed by atoms with Gasteiger partial charge >= 0.3 is 0 Å². The average molecular weight is 311 g/mol. The molecule has 112 valence electrons. The van der Waals surface area contributed by atoms with E-state index in [4.69, 9.17) is 4.42 Å². The summed E-state index contributed by atoms with van der Waals surface area (Å²) in [5, 5.41) is 2.67. The zero-order valence-corrected chi connectivity index (χ0v) is 12.3. The first-order valence-corrected chi connectivity index (χ1v) is 8.01. The molecule has 0 aliphatic carbocycles. The lowest BCUT2D eigenvalue weighted by molar-refractivity contribution is 0.0939. The highest BCUT2D eigenvalue weighted by molar-refractivity contribution is 7.90. The van der Waals surface area contributed by atoms with E-state index in [9.17, 15) is 17.6 Å². The van der Waals surface area contributed by atoms with Crippen LogP contribution in [0.3, 0.4) is 0 Å². The number of carbonyl (C=O) groups is 1. The summed E-state index contributed by atoms with van der Waals surface area (Å²) in [5.74, 6) is -1.19. The number of carbonyl (C=O) groups excluding carboxylic acids is 1. The number of sulfone groups is 1. The molecule has 1 aromatic heterocycles. The van der Waals surface area contributed by atoms with Crippen LogP contribution in [-0.4, -0.2) is 20.6 Å². The molecule has 0 saturated carbocycles. The molecule has 0 bridgehead atoms. The molecule has 1 heterocycles. The second-order valence-electron chi connectivity index (χ2n) is 4.67. The largest absolute Gasteiger partial charge is 0.472 e. The van der Waals surface area contributed by atoms with Crippen LogP contribution in [0.1, 0.15) is 28.9 Å². The van der Waals surface area contributed by atoms with Crippen LogP contribution in [0.25, 0.3) is 0 Å². The van der Waals surface area contributed by atoms with Crippen molar-refractivity contribution in [2.45, 2.75) is 17.9 Å². The second kappa shape index (κ2) is 5.69. The maximum Gasteiger partial charge on any atom is 0.255 e. The van der Waals surface area contributed by atoms with Gasteiger partial charge in [-0.3, -0.25) is 4.79 Å². The fraction of sp³-hybridized carbons (Fsp3) is 0.214. The van der Waals surface area contributed by atoms with E-state index in [2.05, 4.69) is 5.32 Å². The van der Waals surface area contributed by atoms with Crippen molar-refractivity contribution in [1.29, 1.82) is 0 Å². The quantitative estimate of drug-likeness (QED) is 0.940. The van der Waals surface area contributed by atoms with Crippen LogP contribution in [0.5, 0.6) is 0 Å². The van der Waals surface area contributed by atoms with Gasteiger partial charge in [0.2, 0.25) is 0 Å². The van der Waals surface area contributed by atoms with Crippen molar-refractivity contribution < 1.29 is 22.0 Å². The molecule has 5 nitrogen and oxygen atoms in total. The Morgan fingerprint density at radius 1 is 1.33 bits per heavy atom. The van der Waals surface area contributed by atoms with E-state index in [1.54, 1.807) is 6.92 Å². The molecule has 7 heteroatoms. The number of amides is 1. The van der Waals surface area contributed by atoms with Gasteiger partial charge in [0.1, 0.15) is 17.0 Å². The van der Waals surface area contributed by atoms with Crippen molar-refractivity contribution in [2.75, 3.05) is 6.26 Å². The molecular weight excluding hydrogens is 297 g/mol. The Kier molecular flexibility index (Phi) is 4.13. The van der Waals surface area contributed by atoms with Crippen molar-refractivity contribution in [3.05, 3.63) is 53.7 Å². The van der Waals surface area contributed by atoms with E-state index in [1.165, 1.54) is 30.7 Å². The van der Waals surface area contributed by atoms with Gasteiger partial charge in [-0.05, 0) is 30.7 Å². The molecule has 1 unspecified atom stereocenters. The van der Waals surface area contributed by atoms with E-state index < -0.39 is 21.7 Å². The molecule has 0 fully saturated rings. The van der Waals surface area contributed by atoms with Crippen LogP contribution in [0.4, 0.5) is 4.39 Å². The smallest absolute Gasteiger partial charge is 0.255 e. The summed E-state index contributed by atoms with van der Waals surface area (Å²) < 4.78 is 41.3. The molecule has 0 aliphatic heterocycles.